The van der Waals surface area contributed by atoms with Crippen LogP contribution in [0.5, 0.6) is 0 Å². The van der Waals surface area contributed by atoms with Crippen molar-refractivity contribution < 1.29 is 27.9 Å². The fraction of sp³-hybridized carbons (Fsp3) is 0.333. The maximum Gasteiger partial charge on any atom is 0.406 e. The van der Waals surface area contributed by atoms with E-state index in [0.717, 1.165) is 0 Å². The molecule has 0 radical (unpaired) electrons. The lowest BCUT2D eigenvalue weighted by Gasteiger charge is -2.23. The van der Waals surface area contributed by atoms with Crippen LogP contribution in [-0.2, 0) is 4.79 Å². The fourth-order valence-electron chi connectivity index (χ4n) is 1.57. The number of amides is 1. The molecule has 0 atom stereocenters. The molecular weight excluding hydrogens is 299 g/mol. The molecule has 0 aliphatic heterocycles. The van der Waals surface area contributed by atoms with Crippen molar-refractivity contribution in [3.05, 3.63) is 34.3 Å². The van der Waals surface area contributed by atoms with Crippen LogP contribution in [0.15, 0.2) is 18.2 Å². The highest BCUT2D eigenvalue weighted by atomic mass is 35.5. The monoisotopic (exact) mass is 309 g/mol. The molecule has 0 heterocycles. The number of alkyl halides is 3. The molecule has 0 saturated heterocycles. The second-order valence-corrected chi connectivity index (χ2v) is 4.57. The predicted molar refractivity (Wildman–Crippen MR) is 65.8 cm³/mol. The third kappa shape index (κ3) is 4.73. The molecule has 1 rings (SSSR count). The lowest BCUT2D eigenvalue weighted by atomic mass is 10.1. The van der Waals surface area contributed by atoms with Crippen LogP contribution in [0, 0.1) is 6.92 Å². The summed E-state index contributed by atoms with van der Waals surface area (Å²) in [6.45, 7) is -1.15. The number of hydrogen-bond acceptors (Lipinski definition) is 2. The first kappa shape index (κ1) is 16.3. The van der Waals surface area contributed by atoms with Gasteiger partial charge in [0, 0.05) is 10.6 Å². The van der Waals surface area contributed by atoms with E-state index < -0.39 is 31.1 Å². The number of aliphatic carboxylic acids is 1. The van der Waals surface area contributed by atoms with Crippen LogP contribution in [0.2, 0.25) is 5.02 Å². The summed E-state index contributed by atoms with van der Waals surface area (Å²) in [5, 5.41) is 8.79. The minimum absolute atomic E-state index is 0.0528. The van der Waals surface area contributed by atoms with Crippen LogP contribution >= 0.6 is 11.6 Å². The van der Waals surface area contributed by atoms with Gasteiger partial charge < -0.3 is 10.0 Å². The highest BCUT2D eigenvalue weighted by Gasteiger charge is 2.34. The third-order valence-corrected chi connectivity index (χ3v) is 2.65. The van der Waals surface area contributed by atoms with Crippen molar-refractivity contribution in [2.45, 2.75) is 13.1 Å². The molecule has 4 nitrogen and oxygen atoms in total. The Balaban J connectivity index is 3.09. The van der Waals surface area contributed by atoms with Gasteiger partial charge in [0.2, 0.25) is 0 Å². The SMILES string of the molecule is Cc1ccc(Cl)cc1C(=O)N(CC(=O)O)CC(F)(F)F. The number of aryl methyl sites for hydroxylation is 1. The smallest absolute Gasteiger partial charge is 0.406 e. The molecule has 0 aliphatic rings. The fourth-order valence-corrected chi connectivity index (χ4v) is 1.75. The van der Waals surface area contributed by atoms with Crippen LogP contribution in [0.4, 0.5) is 13.2 Å². The molecule has 0 fully saturated rings. The molecule has 0 aliphatic carbocycles. The summed E-state index contributed by atoms with van der Waals surface area (Å²) >= 11 is 5.70. The van der Waals surface area contributed by atoms with E-state index in [4.69, 9.17) is 16.7 Å². The van der Waals surface area contributed by atoms with Crippen molar-refractivity contribution in [2.75, 3.05) is 13.1 Å². The lowest BCUT2D eigenvalue weighted by Crippen LogP contribution is -2.42. The van der Waals surface area contributed by atoms with Gasteiger partial charge in [-0.05, 0) is 24.6 Å². The molecule has 8 heteroatoms. The van der Waals surface area contributed by atoms with Crippen molar-refractivity contribution >= 4 is 23.5 Å². The first-order valence-corrected chi connectivity index (χ1v) is 5.82. The largest absolute Gasteiger partial charge is 0.480 e. The van der Waals surface area contributed by atoms with Gasteiger partial charge in [0.05, 0.1) is 0 Å². The van der Waals surface area contributed by atoms with Crippen molar-refractivity contribution in [3.63, 3.8) is 0 Å². The summed E-state index contributed by atoms with van der Waals surface area (Å²) in [7, 11) is 0. The van der Waals surface area contributed by atoms with E-state index in [-0.39, 0.29) is 15.5 Å². The Morgan fingerprint density at radius 2 is 1.95 bits per heavy atom. The van der Waals surface area contributed by atoms with Crippen molar-refractivity contribution in [2.24, 2.45) is 0 Å². The average Bonchev–Trinajstić information content (AvgIpc) is 2.28. The predicted octanol–water partition coefficient (Wildman–Crippen LogP) is 2.74. The molecule has 0 unspecified atom stereocenters. The highest BCUT2D eigenvalue weighted by molar-refractivity contribution is 6.31. The average molecular weight is 310 g/mol. The Morgan fingerprint density at radius 1 is 1.35 bits per heavy atom. The molecule has 0 saturated carbocycles. The maximum atomic E-state index is 12.4. The molecule has 0 spiro atoms. The molecule has 1 aromatic carbocycles. The number of carbonyl (C=O) groups is 2. The van der Waals surface area contributed by atoms with E-state index in [2.05, 4.69) is 0 Å². The number of carboxylic acids is 1. The minimum atomic E-state index is -4.68. The van der Waals surface area contributed by atoms with Crippen molar-refractivity contribution in [1.29, 1.82) is 0 Å². The normalized spacial score (nSPS) is 11.2. The summed E-state index contributed by atoms with van der Waals surface area (Å²) in [6.07, 6.45) is -4.68. The summed E-state index contributed by atoms with van der Waals surface area (Å²) in [4.78, 5) is 22.9. The van der Waals surface area contributed by atoms with Crippen molar-refractivity contribution in [1.82, 2.24) is 4.90 Å². The summed E-state index contributed by atoms with van der Waals surface area (Å²) < 4.78 is 37.2. The van der Waals surface area contributed by atoms with Crippen molar-refractivity contribution in [3.8, 4) is 0 Å². The van der Waals surface area contributed by atoms with Crippen LogP contribution in [-0.4, -0.2) is 41.1 Å². The number of hydrogen-bond donors (Lipinski definition) is 1. The second kappa shape index (κ2) is 6.13. The Morgan fingerprint density at radius 3 is 2.45 bits per heavy atom. The molecule has 0 aromatic heterocycles. The van der Waals surface area contributed by atoms with Gasteiger partial charge >= 0.3 is 12.1 Å². The molecule has 110 valence electrons. The number of halogens is 4. The topological polar surface area (TPSA) is 57.6 Å². The van der Waals surface area contributed by atoms with E-state index in [1.807, 2.05) is 0 Å². The first-order valence-electron chi connectivity index (χ1n) is 5.44. The van der Waals surface area contributed by atoms with Crippen LogP contribution in [0.3, 0.4) is 0 Å². The van der Waals surface area contributed by atoms with Crippen LogP contribution in [0.25, 0.3) is 0 Å². The highest BCUT2D eigenvalue weighted by Crippen LogP contribution is 2.21. The second-order valence-electron chi connectivity index (χ2n) is 4.13. The van der Waals surface area contributed by atoms with E-state index in [0.29, 0.717) is 5.56 Å². The number of nitrogens with zero attached hydrogens (tertiary/aromatic N) is 1. The third-order valence-electron chi connectivity index (χ3n) is 2.41. The first-order chi connectivity index (χ1) is 9.10. The number of carbonyl (C=O) groups excluding carboxylic acids is 1. The van der Waals surface area contributed by atoms with Crippen LogP contribution in [0.1, 0.15) is 15.9 Å². The number of rotatable bonds is 4. The van der Waals surface area contributed by atoms with Gasteiger partial charge in [0.1, 0.15) is 13.1 Å². The van der Waals surface area contributed by atoms with E-state index in [1.54, 1.807) is 0 Å². The Hall–Kier alpha value is -1.76. The number of carboxylic acid groups (broad SMARTS) is 1. The zero-order chi connectivity index (χ0) is 15.5. The summed E-state index contributed by atoms with van der Waals surface area (Å²) in [5.74, 6) is -2.55. The maximum absolute atomic E-state index is 12.4. The summed E-state index contributed by atoms with van der Waals surface area (Å²) in [6, 6.07) is 4.17. The molecule has 1 aromatic rings. The lowest BCUT2D eigenvalue weighted by molar-refractivity contribution is -0.149. The van der Waals surface area contributed by atoms with Gasteiger partial charge in [-0.25, -0.2) is 0 Å². The van der Waals surface area contributed by atoms with E-state index in [1.165, 1.54) is 25.1 Å². The van der Waals surface area contributed by atoms with Gasteiger partial charge in [-0.2, -0.15) is 13.2 Å². The van der Waals surface area contributed by atoms with E-state index in [9.17, 15) is 22.8 Å². The molecule has 1 N–H and O–H groups in total. The summed E-state index contributed by atoms with van der Waals surface area (Å²) in [5.41, 5.74) is 0.361. The number of benzene rings is 1. The standard InChI is InChI=1S/C12H11ClF3NO3/c1-7-2-3-8(13)4-9(7)11(20)17(5-10(18)19)6-12(14,15)16/h2-4H,5-6H2,1H3,(H,18,19). The molecule has 0 bridgehead atoms. The zero-order valence-corrected chi connectivity index (χ0v) is 11.1. The zero-order valence-electron chi connectivity index (χ0n) is 10.4. The van der Waals surface area contributed by atoms with Gasteiger partial charge in [0.15, 0.2) is 0 Å². The molecule has 20 heavy (non-hydrogen) atoms. The molecular formula is C12H11ClF3NO3. The minimum Gasteiger partial charge on any atom is -0.480 e. The van der Waals surface area contributed by atoms with Gasteiger partial charge in [-0.1, -0.05) is 17.7 Å². The quantitative estimate of drug-likeness (QED) is 0.930. The Labute approximate surface area is 117 Å². The Bertz CT molecular complexity index is 531. The van der Waals surface area contributed by atoms with Crippen LogP contribution < -0.4 is 0 Å². The van der Waals surface area contributed by atoms with Gasteiger partial charge in [0.25, 0.3) is 5.91 Å². The molecule has 1 amide bonds. The Kier molecular flexibility index (Phi) is 4.99. The van der Waals surface area contributed by atoms with Gasteiger partial charge in [-0.3, -0.25) is 9.59 Å². The van der Waals surface area contributed by atoms with Gasteiger partial charge in [-0.15, -0.1) is 0 Å². The van der Waals surface area contributed by atoms with E-state index >= 15 is 0 Å².